The van der Waals surface area contributed by atoms with Gasteiger partial charge in [-0.1, -0.05) is 18.2 Å². The number of hydrogen-bond acceptors (Lipinski definition) is 5. The van der Waals surface area contributed by atoms with Crippen LogP contribution in [-0.2, 0) is 21.9 Å². The number of amides is 1. The van der Waals surface area contributed by atoms with Gasteiger partial charge in [-0.3, -0.25) is 13.8 Å². The van der Waals surface area contributed by atoms with Crippen molar-refractivity contribution in [3.8, 4) is 0 Å². The molecule has 0 fully saturated rings. The van der Waals surface area contributed by atoms with E-state index in [1.165, 1.54) is 10.5 Å². The first-order valence-electron chi connectivity index (χ1n) is 7.96. The van der Waals surface area contributed by atoms with Crippen molar-refractivity contribution in [2.75, 3.05) is 10.8 Å². The number of carbonyl (C=O) groups is 1. The summed E-state index contributed by atoms with van der Waals surface area (Å²) >= 11 is 0. The molecule has 0 bridgehead atoms. The predicted octanol–water partition coefficient (Wildman–Crippen LogP) is 1.35. The van der Waals surface area contributed by atoms with E-state index in [4.69, 9.17) is 5.73 Å². The number of nitrogens with zero attached hydrogens (tertiary/aromatic N) is 4. The van der Waals surface area contributed by atoms with Gasteiger partial charge in [0.05, 0.1) is 11.4 Å². The third-order valence-corrected chi connectivity index (χ3v) is 5.82. The number of nitrogens with two attached hydrogens (primary N) is 1. The van der Waals surface area contributed by atoms with Gasteiger partial charge in [0.1, 0.15) is 4.90 Å². The van der Waals surface area contributed by atoms with Gasteiger partial charge in [-0.25, -0.2) is 13.4 Å². The Kier molecular flexibility index (Phi) is 4.64. The molecule has 8 nitrogen and oxygen atoms in total. The molecule has 9 heteroatoms. The summed E-state index contributed by atoms with van der Waals surface area (Å²) in [6, 6.07) is 10.1. The molecule has 0 unspecified atom stereocenters. The zero-order valence-corrected chi connectivity index (χ0v) is 15.3. The fourth-order valence-corrected chi connectivity index (χ4v) is 4.19. The Labute approximate surface area is 151 Å². The van der Waals surface area contributed by atoms with Crippen molar-refractivity contribution >= 4 is 32.7 Å². The molecule has 0 spiro atoms. The smallest absolute Gasteiger partial charge is 0.265 e. The summed E-state index contributed by atoms with van der Waals surface area (Å²) in [6.45, 7) is 1.74. The second-order valence-electron chi connectivity index (χ2n) is 5.88. The highest BCUT2D eigenvalue weighted by Crippen LogP contribution is 2.26. The van der Waals surface area contributed by atoms with Crippen LogP contribution in [0.25, 0.3) is 11.0 Å². The van der Waals surface area contributed by atoms with Gasteiger partial charge in [-0.05, 0) is 25.1 Å². The van der Waals surface area contributed by atoms with Crippen molar-refractivity contribution in [2.45, 2.75) is 18.2 Å². The number of aryl methyl sites for hydroxylation is 2. The lowest BCUT2D eigenvalue weighted by atomic mass is 10.3. The Bertz CT molecular complexity index is 1060. The average molecular weight is 373 g/mol. The fraction of sp³-hybridized carbons (Fsp3) is 0.235. The van der Waals surface area contributed by atoms with Crippen LogP contribution >= 0.6 is 0 Å². The zero-order chi connectivity index (χ0) is 18.9. The van der Waals surface area contributed by atoms with Crippen LogP contribution in [0.3, 0.4) is 0 Å². The van der Waals surface area contributed by atoms with E-state index in [9.17, 15) is 13.2 Å². The molecule has 1 aromatic carbocycles. The molecule has 136 valence electrons. The van der Waals surface area contributed by atoms with Crippen LogP contribution in [0.1, 0.15) is 12.1 Å². The van der Waals surface area contributed by atoms with E-state index in [1.54, 1.807) is 55.1 Å². The van der Waals surface area contributed by atoms with Gasteiger partial charge in [0, 0.05) is 31.6 Å². The number of anilines is 1. The van der Waals surface area contributed by atoms with E-state index >= 15 is 0 Å². The monoisotopic (exact) mass is 373 g/mol. The van der Waals surface area contributed by atoms with Crippen LogP contribution in [0.15, 0.2) is 47.5 Å². The number of para-hydroxylation sites is 1. The summed E-state index contributed by atoms with van der Waals surface area (Å²) in [6.07, 6.45) is 1.22. The number of sulfonamides is 1. The second kappa shape index (κ2) is 6.75. The lowest BCUT2D eigenvalue weighted by molar-refractivity contribution is -0.117. The number of primary amides is 1. The third kappa shape index (κ3) is 3.25. The van der Waals surface area contributed by atoms with E-state index in [-0.39, 0.29) is 17.9 Å². The van der Waals surface area contributed by atoms with Crippen molar-refractivity contribution < 1.29 is 13.2 Å². The first-order chi connectivity index (χ1) is 12.3. The van der Waals surface area contributed by atoms with Crippen LogP contribution in [-0.4, -0.2) is 35.6 Å². The largest absolute Gasteiger partial charge is 0.370 e. The van der Waals surface area contributed by atoms with Gasteiger partial charge >= 0.3 is 0 Å². The van der Waals surface area contributed by atoms with Crippen molar-refractivity contribution in [3.63, 3.8) is 0 Å². The predicted molar refractivity (Wildman–Crippen MR) is 98.0 cm³/mol. The number of aromatic nitrogens is 3. The summed E-state index contributed by atoms with van der Waals surface area (Å²) in [5.74, 6) is -0.571. The van der Waals surface area contributed by atoms with E-state index < -0.39 is 15.9 Å². The molecule has 0 aliphatic carbocycles. The van der Waals surface area contributed by atoms with Gasteiger partial charge in [-0.15, -0.1) is 0 Å². The number of fused-ring (bicyclic) bond motifs is 1. The molecular weight excluding hydrogens is 354 g/mol. The van der Waals surface area contributed by atoms with Crippen LogP contribution < -0.4 is 10.0 Å². The van der Waals surface area contributed by atoms with Crippen LogP contribution in [0.5, 0.6) is 0 Å². The maximum Gasteiger partial charge on any atom is 0.265 e. The lowest BCUT2D eigenvalue weighted by Crippen LogP contribution is -2.34. The number of hydrogen-bond donors (Lipinski definition) is 1. The highest BCUT2D eigenvalue weighted by molar-refractivity contribution is 7.92. The van der Waals surface area contributed by atoms with E-state index in [1.807, 2.05) is 0 Å². The Hall–Kier alpha value is -2.94. The van der Waals surface area contributed by atoms with E-state index in [0.29, 0.717) is 22.4 Å². The molecule has 0 saturated heterocycles. The Morgan fingerprint density at radius 3 is 2.62 bits per heavy atom. The van der Waals surface area contributed by atoms with Gasteiger partial charge in [0.2, 0.25) is 5.91 Å². The lowest BCUT2D eigenvalue weighted by Gasteiger charge is -2.24. The minimum Gasteiger partial charge on any atom is -0.370 e. The molecule has 2 aromatic heterocycles. The summed E-state index contributed by atoms with van der Waals surface area (Å²) in [5, 5.41) is 4.92. The molecule has 3 aromatic rings. The quantitative estimate of drug-likeness (QED) is 0.701. The third-order valence-electron chi connectivity index (χ3n) is 4.03. The van der Waals surface area contributed by atoms with Crippen molar-refractivity contribution in [1.82, 2.24) is 14.8 Å². The highest BCUT2D eigenvalue weighted by atomic mass is 32.2. The van der Waals surface area contributed by atoms with Crippen molar-refractivity contribution in [3.05, 3.63) is 48.3 Å². The van der Waals surface area contributed by atoms with Gasteiger partial charge in [0.15, 0.2) is 5.65 Å². The number of carbonyl (C=O) groups excluding carboxylic acids is 1. The van der Waals surface area contributed by atoms with Crippen LogP contribution in [0.2, 0.25) is 0 Å². The number of pyridine rings is 1. The summed E-state index contributed by atoms with van der Waals surface area (Å²) < 4.78 is 29.2. The molecular formula is C17H19N5O3S. The molecule has 0 atom stereocenters. The zero-order valence-electron chi connectivity index (χ0n) is 14.5. The Morgan fingerprint density at radius 1 is 1.27 bits per heavy atom. The topological polar surface area (TPSA) is 111 Å². The summed E-state index contributed by atoms with van der Waals surface area (Å²) in [4.78, 5) is 15.5. The number of rotatable bonds is 6. The number of benzene rings is 1. The molecule has 0 aliphatic heterocycles. The molecule has 2 heterocycles. The first-order valence-corrected chi connectivity index (χ1v) is 9.40. The second-order valence-corrected chi connectivity index (χ2v) is 7.74. The maximum absolute atomic E-state index is 13.2. The molecule has 1 amide bonds. The molecule has 0 aliphatic rings. The van der Waals surface area contributed by atoms with Crippen LogP contribution in [0.4, 0.5) is 5.69 Å². The van der Waals surface area contributed by atoms with Crippen LogP contribution in [0, 0.1) is 6.92 Å². The maximum atomic E-state index is 13.2. The van der Waals surface area contributed by atoms with Gasteiger partial charge < -0.3 is 5.73 Å². The standard InChI is InChI=1S/C17H19N5O3S/c1-12-15-10-14(11-19-17(15)21(2)20-12)26(24,25)22(9-8-16(18)23)13-6-4-3-5-7-13/h3-7,10-11H,8-9H2,1-2H3,(H2,18,23). The molecule has 26 heavy (non-hydrogen) atoms. The highest BCUT2D eigenvalue weighted by Gasteiger charge is 2.26. The van der Waals surface area contributed by atoms with Crippen molar-refractivity contribution in [1.29, 1.82) is 0 Å². The Morgan fingerprint density at radius 2 is 1.96 bits per heavy atom. The minimum atomic E-state index is -3.92. The average Bonchev–Trinajstić information content (AvgIpc) is 2.89. The van der Waals surface area contributed by atoms with Gasteiger partial charge in [-0.2, -0.15) is 5.10 Å². The van der Waals surface area contributed by atoms with Gasteiger partial charge in [0.25, 0.3) is 10.0 Å². The molecule has 2 N–H and O–H groups in total. The SMILES string of the molecule is Cc1nn(C)c2ncc(S(=O)(=O)N(CCC(N)=O)c3ccccc3)cc12. The fourth-order valence-electron chi connectivity index (χ4n) is 2.75. The van der Waals surface area contributed by atoms with E-state index in [2.05, 4.69) is 10.1 Å². The molecule has 3 rings (SSSR count). The molecule has 0 saturated carbocycles. The summed E-state index contributed by atoms with van der Waals surface area (Å²) in [7, 11) is -2.17. The minimum absolute atomic E-state index is 0.0365. The van der Waals surface area contributed by atoms with E-state index in [0.717, 1.165) is 0 Å². The Balaban J connectivity index is 2.10. The van der Waals surface area contributed by atoms with Crippen molar-refractivity contribution in [2.24, 2.45) is 12.8 Å². The first kappa shape index (κ1) is 17.9. The normalized spacial score (nSPS) is 11.6. The molecule has 0 radical (unpaired) electrons. The summed E-state index contributed by atoms with van der Waals surface area (Å²) in [5.41, 5.74) is 6.96.